The van der Waals surface area contributed by atoms with Crippen molar-refractivity contribution in [3.8, 4) is 0 Å². The van der Waals surface area contributed by atoms with E-state index in [-0.39, 0.29) is 5.91 Å². The van der Waals surface area contributed by atoms with Crippen molar-refractivity contribution in [2.45, 2.75) is 13.5 Å². The lowest BCUT2D eigenvalue weighted by atomic mass is 10.1. The van der Waals surface area contributed by atoms with E-state index in [0.717, 1.165) is 37.3 Å². The summed E-state index contributed by atoms with van der Waals surface area (Å²) in [5, 5.41) is 6.05. The molecule has 1 heterocycles. The summed E-state index contributed by atoms with van der Waals surface area (Å²) in [5.74, 6) is -0.231. The number of hydrogen-bond acceptors (Lipinski definition) is 2. The quantitative estimate of drug-likeness (QED) is 0.193. The topological polar surface area (TPSA) is 46.4 Å². The second-order valence-electron chi connectivity index (χ2n) is 6.93. The van der Waals surface area contributed by atoms with Crippen LogP contribution in [0.3, 0.4) is 0 Å². The Bertz CT molecular complexity index is 1230. The SMILES string of the molecule is Cc1c(/C=N\NC(=O)c2ccc(I)cc2)c2ccccc2n1Cc1ccc(Cl)cc1. The number of para-hydroxylation sites is 1. The number of nitrogens with zero attached hydrogens (tertiary/aromatic N) is 2. The van der Waals surface area contributed by atoms with Crippen LogP contribution in [-0.2, 0) is 6.54 Å². The molecule has 1 amide bonds. The zero-order valence-electron chi connectivity index (χ0n) is 16.3. The summed E-state index contributed by atoms with van der Waals surface area (Å²) in [6.45, 7) is 2.80. The normalized spacial score (nSPS) is 11.3. The van der Waals surface area contributed by atoms with Crippen LogP contribution in [0.4, 0.5) is 0 Å². The maximum Gasteiger partial charge on any atom is 0.271 e. The smallest absolute Gasteiger partial charge is 0.271 e. The Hall–Kier alpha value is -2.64. The van der Waals surface area contributed by atoms with Gasteiger partial charge in [-0.05, 0) is 77.5 Å². The molecule has 0 unspecified atom stereocenters. The van der Waals surface area contributed by atoms with Crippen LogP contribution in [0.15, 0.2) is 77.9 Å². The molecule has 0 radical (unpaired) electrons. The third kappa shape index (κ3) is 4.42. The van der Waals surface area contributed by atoms with Gasteiger partial charge in [-0.3, -0.25) is 4.79 Å². The van der Waals surface area contributed by atoms with Gasteiger partial charge in [0.2, 0.25) is 0 Å². The molecule has 0 spiro atoms. The fourth-order valence-corrected chi connectivity index (χ4v) is 3.90. The highest BCUT2D eigenvalue weighted by molar-refractivity contribution is 14.1. The number of hydrazone groups is 1. The number of carbonyl (C=O) groups is 1. The first kappa shape index (κ1) is 20.6. The van der Waals surface area contributed by atoms with Gasteiger partial charge in [0, 0.05) is 42.9 Å². The number of aromatic nitrogens is 1. The molecule has 0 atom stereocenters. The van der Waals surface area contributed by atoms with Crippen molar-refractivity contribution in [1.82, 2.24) is 9.99 Å². The highest BCUT2D eigenvalue weighted by atomic mass is 127. The zero-order chi connectivity index (χ0) is 21.1. The van der Waals surface area contributed by atoms with Gasteiger partial charge in [-0.15, -0.1) is 0 Å². The lowest BCUT2D eigenvalue weighted by molar-refractivity contribution is 0.0955. The molecule has 6 heteroatoms. The molecular formula is C24H19ClIN3O. The van der Waals surface area contributed by atoms with Gasteiger partial charge in [0.1, 0.15) is 0 Å². The number of halogens is 2. The van der Waals surface area contributed by atoms with Crippen LogP contribution in [0.25, 0.3) is 10.9 Å². The maximum atomic E-state index is 12.3. The molecule has 0 saturated heterocycles. The van der Waals surface area contributed by atoms with Crippen molar-refractivity contribution in [2.75, 3.05) is 0 Å². The molecule has 0 saturated carbocycles. The van der Waals surface area contributed by atoms with Crippen molar-refractivity contribution in [2.24, 2.45) is 5.10 Å². The van der Waals surface area contributed by atoms with Crippen molar-refractivity contribution in [3.05, 3.63) is 104 Å². The number of benzene rings is 3. The van der Waals surface area contributed by atoms with Crippen LogP contribution < -0.4 is 5.43 Å². The molecule has 4 aromatic rings. The van der Waals surface area contributed by atoms with E-state index in [9.17, 15) is 4.79 Å². The summed E-state index contributed by atoms with van der Waals surface area (Å²) in [7, 11) is 0. The van der Waals surface area contributed by atoms with E-state index in [1.54, 1.807) is 18.3 Å². The number of fused-ring (bicyclic) bond motifs is 1. The largest absolute Gasteiger partial charge is 0.340 e. The Labute approximate surface area is 193 Å². The lowest BCUT2D eigenvalue weighted by Crippen LogP contribution is -2.17. The summed E-state index contributed by atoms with van der Waals surface area (Å²) in [6, 6.07) is 23.4. The second-order valence-corrected chi connectivity index (χ2v) is 8.62. The monoisotopic (exact) mass is 527 g/mol. The molecule has 0 aliphatic rings. The van der Waals surface area contributed by atoms with Gasteiger partial charge < -0.3 is 4.57 Å². The van der Waals surface area contributed by atoms with E-state index >= 15 is 0 Å². The van der Waals surface area contributed by atoms with Crippen LogP contribution in [0.1, 0.15) is 27.2 Å². The van der Waals surface area contributed by atoms with Crippen molar-refractivity contribution in [3.63, 3.8) is 0 Å². The van der Waals surface area contributed by atoms with Crippen molar-refractivity contribution in [1.29, 1.82) is 0 Å². The van der Waals surface area contributed by atoms with E-state index in [2.05, 4.69) is 56.7 Å². The van der Waals surface area contributed by atoms with Crippen molar-refractivity contribution < 1.29 is 4.79 Å². The maximum absolute atomic E-state index is 12.3. The Morgan fingerprint density at radius 3 is 2.50 bits per heavy atom. The number of rotatable bonds is 5. The van der Waals surface area contributed by atoms with E-state index in [0.29, 0.717) is 5.56 Å². The first-order valence-corrected chi connectivity index (χ1v) is 10.9. The highest BCUT2D eigenvalue weighted by Crippen LogP contribution is 2.26. The zero-order valence-corrected chi connectivity index (χ0v) is 19.2. The average molecular weight is 528 g/mol. The first-order chi connectivity index (χ1) is 14.5. The summed E-state index contributed by atoms with van der Waals surface area (Å²) < 4.78 is 3.33. The Morgan fingerprint density at radius 1 is 1.07 bits per heavy atom. The van der Waals surface area contributed by atoms with Gasteiger partial charge in [0.05, 0.1) is 6.21 Å². The third-order valence-electron chi connectivity index (χ3n) is 5.00. The minimum absolute atomic E-state index is 0.231. The van der Waals surface area contributed by atoms with Gasteiger partial charge in [-0.1, -0.05) is 41.9 Å². The minimum Gasteiger partial charge on any atom is -0.340 e. The standard InChI is InChI=1S/C24H19ClIN3O/c1-16-22(14-27-28-24(30)18-8-12-20(26)13-9-18)21-4-2-3-5-23(21)29(16)15-17-6-10-19(25)11-7-17/h2-14H,15H2,1H3,(H,28,30)/b27-14-. The lowest BCUT2D eigenvalue weighted by Gasteiger charge is -2.09. The van der Waals surface area contributed by atoms with Crippen LogP contribution in [0, 0.1) is 10.5 Å². The Kier molecular flexibility index (Phi) is 6.20. The molecule has 0 aliphatic carbocycles. The molecule has 4 rings (SSSR count). The van der Waals surface area contributed by atoms with Crippen molar-refractivity contribution >= 4 is 57.2 Å². The highest BCUT2D eigenvalue weighted by Gasteiger charge is 2.13. The molecule has 30 heavy (non-hydrogen) atoms. The summed E-state index contributed by atoms with van der Waals surface area (Å²) >= 11 is 8.23. The first-order valence-electron chi connectivity index (χ1n) is 9.44. The van der Waals surface area contributed by atoms with E-state index in [1.165, 1.54) is 5.56 Å². The second kappa shape index (κ2) is 9.02. The molecule has 150 valence electrons. The van der Waals surface area contributed by atoms with E-state index in [4.69, 9.17) is 11.6 Å². The number of hydrogen-bond donors (Lipinski definition) is 1. The van der Waals surface area contributed by atoms with Gasteiger partial charge in [0.15, 0.2) is 0 Å². The predicted octanol–water partition coefficient (Wildman–Crippen LogP) is 6.02. The fraction of sp³-hybridized carbons (Fsp3) is 0.0833. The molecule has 0 fully saturated rings. The fourth-order valence-electron chi connectivity index (χ4n) is 3.42. The van der Waals surface area contributed by atoms with Gasteiger partial charge in [-0.25, -0.2) is 5.43 Å². The summed E-state index contributed by atoms with van der Waals surface area (Å²) in [6.07, 6.45) is 1.72. The molecular weight excluding hydrogens is 509 g/mol. The molecule has 3 aromatic carbocycles. The molecule has 1 N–H and O–H groups in total. The summed E-state index contributed by atoms with van der Waals surface area (Å²) in [4.78, 5) is 12.3. The van der Waals surface area contributed by atoms with Gasteiger partial charge in [0.25, 0.3) is 5.91 Å². The number of amides is 1. The van der Waals surface area contributed by atoms with Crippen LogP contribution in [-0.4, -0.2) is 16.7 Å². The van der Waals surface area contributed by atoms with Gasteiger partial charge in [-0.2, -0.15) is 5.10 Å². The van der Waals surface area contributed by atoms with Crippen LogP contribution in [0.5, 0.6) is 0 Å². The van der Waals surface area contributed by atoms with Crippen LogP contribution >= 0.6 is 34.2 Å². The average Bonchev–Trinajstić information content (AvgIpc) is 3.01. The summed E-state index contributed by atoms with van der Waals surface area (Å²) in [5.41, 5.74) is 7.56. The molecule has 4 nitrogen and oxygen atoms in total. The molecule has 0 aliphatic heterocycles. The van der Waals surface area contributed by atoms with E-state index < -0.39 is 0 Å². The Morgan fingerprint density at radius 2 is 1.77 bits per heavy atom. The van der Waals surface area contributed by atoms with Gasteiger partial charge >= 0.3 is 0 Å². The van der Waals surface area contributed by atoms with E-state index in [1.807, 2.05) is 48.5 Å². The minimum atomic E-state index is -0.231. The predicted molar refractivity (Wildman–Crippen MR) is 131 cm³/mol. The molecule has 0 bridgehead atoms. The molecule has 1 aromatic heterocycles. The van der Waals surface area contributed by atoms with Crippen LogP contribution in [0.2, 0.25) is 5.02 Å². The third-order valence-corrected chi connectivity index (χ3v) is 5.97. The Balaban J connectivity index is 1.61. The number of nitrogens with one attached hydrogen (secondary N) is 1. The number of carbonyl (C=O) groups excluding carboxylic acids is 1.